The Bertz CT molecular complexity index is 699. The van der Waals surface area contributed by atoms with E-state index in [-0.39, 0.29) is 5.91 Å². The average molecular weight is 307 g/mol. The first-order valence-electron chi connectivity index (χ1n) is 6.79. The van der Waals surface area contributed by atoms with Crippen molar-refractivity contribution in [3.63, 3.8) is 0 Å². The third kappa shape index (κ3) is 2.08. The Balaban J connectivity index is 2.08. The van der Waals surface area contributed by atoms with Crippen molar-refractivity contribution < 1.29 is 14.7 Å². The number of carbonyl (C=O) groups is 2. The molecule has 1 amide bonds. The lowest BCUT2D eigenvalue weighted by Gasteiger charge is -2.21. The van der Waals surface area contributed by atoms with Crippen LogP contribution in [0, 0.1) is 0 Å². The van der Waals surface area contributed by atoms with E-state index < -0.39 is 12.0 Å². The van der Waals surface area contributed by atoms with Crippen LogP contribution in [0.1, 0.15) is 23.3 Å². The van der Waals surface area contributed by atoms with E-state index in [0.717, 1.165) is 10.9 Å². The number of hydrogen-bond acceptors (Lipinski definition) is 2. The van der Waals surface area contributed by atoms with Crippen molar-refractivity contribution in [1.29, 1.82) is 0 Å². The van der Waals surface area contributed by atoms with Gasteiger partial charge in [-0.2, -0.15) is 0 Å². The van der Waals surface area contributed by atoms with Crippen LogP contribution >= 0.6 is 11.6 Å². The molecule has 1 aromatic heterocycles. The molecule has 1 aliphatic heterocycles. The van der Waals surface area contributed by atoms with Crippen molar-refractivity contribution in [3.05, 3.63) is 35.0 Å². The molecule has 1 aromatic carbocycles. The maximum Gasteiger partial charge on any atom is 0.326 e. The molecule has 2 aromatic rings. The van der Waals surface area contributed by atoms with Crippen LogP contribution in [-0.2, 0) is 11.8 Å². The van der Waals surface area contributed by atoms with Crippen LogP contribution in [0.3, 0.4) is 0 Å². The Labute approximate surface area is 126 Å². The summed E-state index contributed by atoms with van der Waals surface area (Å²) in [6.45, 7) is 0.452. The molecular weight excluding hydrogens is 292 g/mol. The number of fused-ring (bicyclic) bond motifs is 1. The highest BCUT2D eigenvalue weighted by molar-refractivity contribution is 6.38. The van der Waals surface area contributed by atoms with Crippen molar-refractivity contribution in [2.45, 2.75) is 18.9 Å². The first-order chi connectivity index (χ1) is 10.0. The van der Waals surface area contributed by atoms with Crippen LogP contribution < -0.4 is 0 Å². The number of aliphatic carboxylic acids is 1. The monoisotopic (exact) mass is 306 g/mol. The molecule has 0 radical (unpaired) electrons. The summed E-state index contributed by atoms with van der Waals surface area (Å²) in [4.78, 5) is 25.4. The summed E-state index contributed by atoms with van der Waals surface area (Å²) in [6, 6.07) is 6.72. The SMILES string of the molecule is Cn1c(C(=O)N2CCCC2C(=O)O)c(Cl)c2ccccc21. The van der Waals surface area contributed by atoms with Crippen molar-refractivity contribution in [1.82, 2.24) is 9.47 Å². The number of benzene rings is 1. The van der Waals surface area contributed by atoms with Gasteiger partial charge in [0.2, 0.25) is 0 Å². The van der Waals surface area contributed by atoms with Crippen LogP contribution in [0.2, 0.25) is 5.02 Å². The highest BCUT2D eigenvalue weighted by Crippen LogP contribution is 2.32. The summed E-state index contributed by atoms with van der Waals surface area (Å²) in [7, 11) is 1.77. The van der Waals surface area contributed by atoms with Gasteiger partial charge in [0.25, 0.3) is 5.91 Å². The summed E-state index contributed by atoms with van der Waals surface area (Å²) >= 11 is 6.35. The molecule has 0 spiro atoms. The van der Waals surface area contributed by atoms with Crippen molar-refractivity contribution in [2.24, 2.45) is 7.05 Å². The Kier molecular flexibility index (Phi) is 3.37. The number of rotatable bonds is 2. The number of carboxylic acid groups (broad SMARTS) is 1. The van der Waals surface area contributed by atoms with Crippen LogP contribution in [0.4, 0.5) is 0 Å². The molecule has 0 saturated carbocycles. The van der Waals surface area contributed by atoms with Crippen LogP contribution in [0.5, 0.6) is 0 Å². The lowest BCUT2D eigenvalue weighted by Crippen LogP contribution is -2.41. The molecule has 110 valence electrons. The van der Waals surface area contributed by atoms with E-state index in [1.165, 1.54) is 4.90 Å². The number of hydrogen-bond donors (Lipinski definition) is 1. The van der Waals surface area contributed by atoms with Crippen LogP contribution in [-0.4, -0.2) is 39.0 Å². The Morgan fingerprint density at radius 2 is 2.05 bits per heavy atom. The number of aryl methyl sites for hydroxylation is 1. The van der Waals surface area contributed by atoms with Crippen LogP contribution in [0.25, 0.3) is 10.9 Å². The van der Waals surface area contributed by atoms with E-state index in [9.17, 15) is 14.7 Å². The van der Waals surface area contributed by atoms with Crippen LogP contribution in [0.15, 0.2) is 24.3 Å². The fraction of sp³-hybridized carbons (Fsp3) is 0.333. The standard InChI is InChI=1S/C15H15ClN2O3/c1-17-10-6-3-2-5-9(10)12(16)13(17)14(19)18-8-4-7-11(18)15(20)21/h2-3,5-6,11H,4,7-8H2,1H3,(H,20,21). The summed E-state index contributed by atoms with van der Waals surface area (Å²) in [6.07, 6.45) is 1.19. The zero-order chi connectivity index (χ0) is 15.1. The van der Waals surface area contributed by atoms with E-state index in [1.807, 2.05) is 24.3 Å². The van der Waals surface area contributed by atoms with Gasteiger partial charge in [0.05, 0.1) is 5.02 Å². The minimum atomic E-state index is -0.962. The second-order valence-corrected chi connectivity index (χ2v) is 5.61. The van der Waals surface area contributed by atoms with Gasteiger partial charge in [0.1, 0.15) is 11.7 Å². The fourth-order valence-corrected chi connectivity index (χ4v) is 3.35. The molecule has 0 aliphatic carbocycles. The molecule has 1 fully saturated rings. The number of carbonyl (C=O) groups excluding carboxylic acids is 1. The van der Waals surface area contributed by atoms with E-state index in [2.05, 4.69) is 0 Å². The minimum Gasteiger partial charge on any atom is -0.480 e. The topological polar surface area (TPSA) is 62.5 Å². The molecule has 5 nitrogen and oxygen atoms in total. The molecular formula is C15H15ClN2O3. The van der Waals surface area contributed by atoms with Gasteiger partial charge in [-0.25, -0.2) is 4.79 Å². The summed E-state index contributed by atoms with van der Waals surface area (Å²) in [5.41, 5.74) is 1.21. The molecule has 1 saturated heterocycles. The summed E-state index contributed by atoms with van der Waals surface area (Å²) in [5, 5.41) is 10.4. The number of para-hydroxylation sites is 1. The number of carboxylic acids is 1. The van der Waals surface area contributed by atoms with Gasteiger partial charge in [-0.05, 0) is 18.9 Å². The Hall–Kier alpha value is -2.01. The molecule has 1 atom stereocenters. The second-order valence-electron chi connectivity index (χ2n) is 5.23. The Morgan fingerprint density at radius 3 is 2.71 bits per heavy atom. The predicted octanol–water partition coefficient (Wildman–Crippen LogP) is 2.52. The fourth-order valence-electron chi connectivity index (χ4n) is 2.99. The number of halogens is 1. The largest absolute Gasteiger partial charge is 0.480 e. The molecule has 1 unspecified atom stereocenters. The van der Waals surface area contributed by atoms with Crippen molar-refractivity contribution >= 4 is 34.4 Å². The van der Waals surface area contributed by atoms with Gasteiger partial charge in [-0.3, -0.25) is 4.79 Å². The van der Waals surface area contributed by atoms with Gasteiger partial charge < -0.3 is 14.6 Å². The molecule has 0 bridgehead atoms. The van der Waals surface area contributed by atoms with E-state index in [4.69, 9.17) is 11.6 Å². The van der Waals surface area contributed by atoms with Crippen molar-refractivity contribution in [2.75, 3.05) is 6.54 Å². The smallest absolute Gasteiger partial charge is 0.326 e. The molecule has 2 heterocycles. The lowest BCUT2D eigenvalue weighted by molar-refractivity contribution is -0.141. The molecule has 6 heteroatoms. The molecule has 1 N–H and O–H groups in total. The average Bonchev–Trinajstić information content (AvgIpc) is 3.04. The van der Waals surface area contributed by atoms with E-state index in [0.29, 0.717) is 30.1 Å². The van der Waals surface area contributed by atoms with E-state index >= 15 is 0 Å². The minimum absolute atomic E-state index is 0.316. The molecule has 3 rings (SSSR count). The highest BCUT2D eigenvalue weighted by Gasteiger charge is 2.36. The summed E-state index contributed by atoms with van der Waals surface area (Å²) in [5.74, 6) is -1.28. The number of likely N-dealkylation sites (tertiary alicyclic amines) is 1. The van der Waals surface area contributed by atoms with Crippen molar-refractivity contribution in [3.8, 4) is 0 Å². The van der Waals surface area contributed by atoms with Gasteiger partial charge >= 0.3 is 5.97 Å². The molecule has 1 aliphatic rings. The third-order valence-corrected chi connectivity index (χ3v) is 4.43. The molecule has 21 heavy (non-hydrogen) atoms. The number of nitrogens with zero attached hydrogens (tertiary/aromatic N) is 2. The highest BCUT2D eigenvalue weighted by atomic mass is 35.5. The zero-order valence-corrected chi connectivity index (χ0v) is 12.3. The maximum absolute atomic E-state index is 12.7. The first-order valence-corrected chi connectivity index (χ1v) is 7.17. The van der Waals surface area contributed by atoms with Gasteiger partial charge in [0.15, 0.2) is 0 Å². The lowest BCUT2D eigenvalue weighted by atomic mass is 10.2. The second kappa shape index (κ2) is 5.07. The van der Waals surface area contributed by atoms with E-state index in [1.54, 1.807) is 11.6 Å². The normalized spacial score (nSPS) is 18.4. The Morgan fingerprint density at radius 1 is 1.33 bits per heavy atom. The van der Waals surface area contributed by atoms with Gasteiger partial charge in [-0.15, -0.1) is 0 Å². The quantitative estimate of drug-likeness (QED) is 0.927. The van der Waals surface area contributed by atoms with Gasteiger partial charge in [0, 0.05) is 24.5 Å². The summed E-state index contributed by atoms with van der Waals surface area (Å²) < 4.78 is 1.73. The number of amides is 1. The third-order valence-electron chi connectivity index (χ3n) is 4.05. The first kappa shape index (κ1) is 13.9. The number of aromatic nitrogens is 1. The maximum atomic E-state index is 12.7. The zero-order valence-electron chi connectivity index (χ0n) is 11.5. The predicted molar refractivity (Wildman–Crippen MR) is 79.6 cm³/mol. The van der Waals surface area contributed by atoms with Gasteiger partial charge in [-0.1, -0.05) is 29.8 Å².